The Bertz CT molecular complexity index is 2830. The topological polar surface area (TPSA) is 231 Å². The number of phosphoric ester groups is 2. The Kier molecular flexibility index (Phi) is 81.5. The van der Waals surface area contributed by atoms with Crippen molar-refractivity contribution in [3.63, 3.8) is 0 Å². The largest absolute Gasteiger partial charge is 0.472 e. The second-order valence-corrected chi connectivity index (χ2v) is 31.5. The van der Waals surface area contributed by atoms with E-state index >= 15 is 0 Å². The van der Waals surface area contributed by atoms with Crippen LogP contribution in [0.5, 0.6) is 0 Å². The first-order valence-electron chi connectivity index (χ1n) is 43.7. The second kappa shape index (κ2) is 85.8. The molecule has 0 saturated carbocycles. The van der Waals surface area contributed by atoms with E-state index in [1.807, 2.05) is 18.2 Å². The van der Waals surface area contributed by atoms with Gasteiger partial charge in [-0.05, 0) is 154 Å². The van der Waals surface area contributed by atoms with Gasteiger partial charge in [-0.3, -0.25) is 32.5 Å². The molecule has 0 saturated heterocycles. The van der Waals surface area contributed by atoms with Crippen molar-refractivity contribution in [2.75, 3.05) is 39.6 Å². The molecule has 0 rings (SSSR count). The van der Waals surface area contributed by atoms with Gasteiger partial charge in [-0.25, -0.2) is 9.13 Å². The van der Waals surface area contributed by atoms with Gasteiger partial charge >= 0.3 is 33.6 Å². The van der Waals surface area contributed by atoms with Gasteiger partial charge in [0, 0.05) is 19.3 Å². The van der Waals surface area contributed by atoms with Crippen molar-refractivity contribution in [3.05, 3.63) is 194 Å². The highest BCUT2D eigenvalue weighted by molar-refractivity contribution is 7.47. The third-order valence-electron chi connectivity index (χ3n) is 17.8. The van der Waals surface area contributed by atoms with Crippen LogP contribution in [0.3, 0.4) is 0 Å². The van der Waals surface area contributed by atoms with Crippen LogP contribution in [0.25, 0.3) is 0 Å². The molecule has 0 aliphatic heterocycles. The number of aliphatic hydroxyl groups is 2. The fourth-order valence-corrected chi connectivity index (χ4v) is 12.8. The summed E-state index contributed by atoms with van der Waals surface area (Å²) in [6.07, 6.45) is 114. The fourth-order valence-electron chi connectivity index (χ4n) is 11.2. The molecule has 4 N–H and O–H groups in total. The molecule has 0 aromatic heterocycles. The van der Waals surface area contributed by atoms with E-state index in [1.54, 1.807) is 0 Å². The number of hydrogen-bond acceptors (Lipinski definition) is 14. The van der Waals surface area contributed by atoms with E-state index in [0.717, 1.165) is 154 Å². The van der Waals surface area contributed by atoms with Crippen LogP contribution in [-0.4, -0.2) is 95.9 Å². The number of unbranched alkanes of at least 4 members (excludes halogenated alkanes) is 26. The van der Waals surface area contributed by atoms with Crippen LogP contribution in [0.2, 0.25) is 0 Å². The minimum atomic E-state index is -4.97. The maximum absolute atomic E-state index is 13.0. The summed E-state index contributed by atoms with van der Waals surface area (Å²) in [4.78, 5) is 58.8. The number of hydrogen-bond donors (Lipinski definition) is 4. The van der Waals surface area contributed by atoms with E-state index in [2.05, 4.69) is 197 Å². The number of phosphoric acid groups is 2. The fraction of sp³-hybridized carbons (Fsp3) is 0.632. The zero-order chi connectivity index (χ0) is 82.2. The Hall–Kier alpha value is -5.61. The Morgan fingerprint density at radius 1 is 0.257 bits per heavy atom. The number of rotatable bonds is 81. The lowest BCUT2D eigenvalue weighted by Gasteiger charge is -2.21. The van der Waals surface area contributed by atoms with Crippen LogP contribution in [0.15, 0.2) is 194 Å². The molecule has 0 aromatic carbocycles. The van der Waals surface area contributed by atoms with Crippen molar-refractivity contribution >= 4 is 33.6 Å². The Morgan fingerprint density at radius 3 is 0.779 bits per heavy atom. The van der Waals surface area contributed by atoms with Crippen LogP contribution in [0, 0.1) is 0 Å². The van der Waals surface area contributed by atoms with Gasteiger partial charge in [-0.2, -0.15) is 0 Å². The SMILES string of the molecule is CC/C=C\C/C=C\C/C=C\C/C=C\C/C=C\C/C=C\CCCCCCCCCCC(=O)OCC(COP(=O)(O)OCC(O)COP(=O)(O)OCC(O)COC(=O)CCCCCCCCCCCCCCCCC/C=C\C/C=C\C/C=C\C/C=C\CCCCC)OC(=O)CC/C=C\C/C=C\C/C=C\C/C=C\C/C=C\C/C=C\CC. The van der Waals surface area contributed by atoms with Crippen molar-refractivity contribution in [1.29, 1.82) is 0 Å². The van der Waals surface area contributed by atoms with E-state index in [1.165, 1.54) is 109 Å². The highest BCUT2D eigenvalue weighted by Crippen LogP contribution is 2.45. The molecule has 0 aliphatic carbocycles. The van der Waals surface area contributed by atoms with Gasteiger partial charge < -0.3 is 34.2 Å². The van der Waals surface area contributed by atoms with E-state index in [-0.39, 0.29) is 19.3 Å². The summed E-state index contributed by atoms with van der Waals surface area (Å²) in [7, 11) is -9.84. The summed E-state index contributed by atoms with van der Waals surface area (Å²) in [5.41, 5.74) is 0. The summed E-state index contributed by atoms with van der Waals surface area (Å²) in [5, 5.41) is 20.7. The predicted octanol–water partition coefficient (Wildman–Crippen LogP) is 26.7. The molecule has 0 amide bonds. The van der Waals surface area contributed by atoms with Gasteiger partial charge in [0.25, 0.3) is 0 Å². The number of carbonyl (C=O) groups excluding carboxylic acids is 3. The van der Waals surface area contributed by atoms with Crippen LogP contribution in [0.1, 0.15) is 329 Å². The van der Waals surface area contributed by atoms with E-state index in [4.69, 9.17) is 32.3 Å². The minimum Gasteiger partial charge on any atom is -0.463 e. The van der Waals surface area contributed by atoms with Crippen molar-refractivity contribution in [2.24, 2.45) is 0 Å². The molecule has 16 nitrogen and oxygen atoms in total. The molecule has 5 atom stereocenters. The lowest BCUT2D eigenvalue weighted by molar-refractivity contribution is -0.161. The lowest BCUT2D eigenvalue weighted by atomic mass is 10.0. The summed E-state index contributed by atoms with van der Waals surface area (Å²) in [5.74, 6) is -1.69. The van der Waals surface area contributed by atoms with E-state index < -0.39 is 91.5 Å². The zero-order valence-corrected chi connectivity index (χ0v) is 72.3. The van der Waals surface area contributed by atoms with Gasteiger partial charge in [0.15, 0.2) is 6.10 Å². The first kappa shape index (κ1) is 107. The highest BCUT2D eigenvalue weighted by Gasteiger charge is 2.29. The smallest absolute Gasteiger partial charge is 0.463 e. The van der Waals surface area contributed by atoms with Gasteiger partial charge in [0.1, 0.15) is 25.4 Å². The molecular formula is C95H156O16P2. The summed E-state index contributed by atoms with van der Waals surface area (Å²) in [6, 6.07) is 0. The Labute approximate surface area is 687 Å². The molecule has 18 heteroatoms. The minimum absolute atomic E-state index is 0.0299. The molecule has 5 unspecified atom stereocenters. The molecule has 0 aliphatic rings. The average Bonchev–Trinajstić information content (AvgIpc) is 0.901. The van der Waals surface area contributed by atoms with Crippen LogP contribution < -0.4 is 0 Å². The third-order valence-corrected chi connectivity index (χ3v) is 19.7. The Balaban J connectivity index is 4.64. The molecule has 0 spiro atoms. The Morgan fingerprint density at radius 2 is 0.487 bits per heavy atom. The van der Waals surface area contributed by atoms with Crippen molar-refractivity contribution in [1.82, 2.24) is 0 Å². The second-order valence-electron chi connectivity index (χ2n) is 28.6. The van der Waals surface area contributed by atoms with Crippen molar-refractivity contribution in [2.45, 2.75) is 347 Å². The monoisotopic (exact) mass is 1620 g/mol. The van der Waals surface area contributed by atoms with Crippen LogP contribution in [-0.2, 0) is 55.8 Å². The number of esters is 3. The van der Waals surface area contributed by atoms with Gasteiger partial charge in [-0.15, -0.1) is 0 Å². The number of aliphatic hydroxyl groups excluding tert-OH is 2. The van der Waals surface area contributed by atoms with Crippen LogP contribution >= 0.6 is 15.6 Å². The van der Waals surface area contributed by atoms with Gasteiger partial charge in [0.05, 0.1) is 26.4 Å². The first-order valence-corrected chi connectivity index (χ1v) is 46.7. The van der Waals surface area contributed by atoms with Crippen LogP contribution in [0.4, 0.5) is 0 Å². The zero-order valence-electron chi connectivity index (χ0n) is 70.5. The van der Waals surface area contributed by atoms with Gasteiger partial charge in [-0.1, -0.05) is 350 Å². The summed E-state index contributed by atoms with van der Waals surface area (Å²) in [6.45, 7) is 2.33. The third kappa shape index (κ3) is 87.1. The average molecular weight is 1620 g/mol. The highest BCUT2D eigenvalue weighted by atomic mass is 31.2. The molecular weight excluding hydrogens is 1460 g/mol. The molecule has 642 valence electrons. The van der Waals surface area contributed by atoms with Crippen molar-refractivity contribution in [3.8, 4) is 0 Å². The summed E-state index contributed by atoms with van der Waals surface area (Å²) < 4.78 is 61.2. The molecule has 0 heterocycles. The number of allylic oxidation sites excluding steroid dienone is 32. The maximum atomic E-state index is 13.0. The molecule has 0 fully saturated rings. The number of carbonyl (C=O) groups is 3. The van der Waals surface area contributed by atoms with Gasteiger partial charge in [0.2, 0.25) is 0 Å². The molecule has 113 heavy (non-hydrogen) atoms. The normalized spacial score (nSPS) is 14.8. The molecule has 0 radical (unpaired) electrons. The van der Waals surface area contributed by atoms with E-state index in [9.17, 15) is 43.5 Å². The number of ether oxygens (including phenoxy) is 3. The van der Waals surface area contributed by atoms with Crippen molar-refractivity contribution < 1.29 is 75.8 Å². The molecule has 0 aromatic rings. The standard InChI is InChI=1S/C95H156O16P2/c1-4-7-10-13-16-19-22-25-28-31-34-36-38-40-42-43-44-45-47-49-50-52-55-57-60-63-66-69-72-75-78-81-93(98)105-84-90(96)85-107-112(101,102)108-86-91(97)87-109-113(103,104)110-89-92(111-95(100)83-80-77-74-71-68-65-62-59-54-33-30-27-24-21-18-15-12-9-6-3)88-106-94(99)82-79-76-73-70-67-64-61-58-56-53-51-48-46-41-39-37-35-32-29-26-23-20-17-14-11-8-5-2/h8-9,11-12,16-21,25-30,34-37,40-42,46,51,53-54,59,65,68,74,77,90-92,96-97H,4-7,10,13-15,22-24,31-33,38-39,43-45,47-50,52,55-58,60-64,66-67,69-73,75-76,78-89H2,1-3H3,(H,101,102)(H,103,104)/b11-8-,12-9-,19-16-,20-17-,21-18-,28-25-,29-26-,30-27-,36-34-,37-35-,42-40-,46-41-,53-51-,59-54-,68-65-,77-74-. The maximum Gasteiger partial charge on any atom is 0.472 e. The molecule has 0 bridgehead atoms. The quantitative estimate of drug-likeness (QED) is 0.0146. The lowest BCUT2D eigenvalue weighted by Crippen LogP contribution is -2.29. The van der Waals surface area contributed by atoms with E-state index in [0.29, 0.717) is 25.7 Å². The summed E-state index contributed by atoms with van der Waals surface area (Å²) >= 11 is 0. The predicted molar refractivity (Wildman–Crippen MR) is 472 cm³/mol. The first-order chi connectivity index (χ1) is 55.2.